The minimum atomic E-state index is -4.54. The second kappa shape index (κ2) is 8.17. The lowest BCUT2D eigenvalue weighted by atomic mass is 10.1. The van der Waals surface area contributed by atoms with Gasteiger partial charge in [-0.15, -0.1) is 0 Å². The number of aromatic nitrogens is 2. The number of likely N-dealkylation sites (tertiary alicyclic amines) is 1. The summed E-state index contributed by atoms with van der Waals surface area (Å²) in [5, 5.41) is 8.99. The number of benzene rings is 1. The van der Waals surface area contributed by atoms with Gasteiger partial charge in [0.25, 0.3) is 10.1 Å². The average molecular weight is 427 g/mol. The maximum absolute atomic E-state index is 14.1. The molecule has 0 bridgehead atoms. The summed E-state index contributed by atoms with van der Waals surface area (Å²) in [5.41, 5.74) is 0.395. The highest BCUT2D eigenvalue weighted by Gasteiger charge is 2.25. The molecule has 1 aliphatic rings. The van der Waals surface area contributed by atoms with E-state index in [9.17, 15) is 17.6 Å². The van der Waals surface area contributed by atoms with Crippen molar-refractivity contribution in [3.8, 4) is 17.5 Å². The van der Waals surface area contributed by atoms with Crippen molar-refractivity contribution in [2.24, 2.45) is 0 Å². The number of halogens is 1. The maximum Gasteiger partial charge on any atom is 0.407 e. The predicted molar refractivity (Wildman–Crippen MR) is 96.3 cm³/mol. The molecular formula is C17H18FN3O7S. The Hall–Kier alpha value is -2.99. The van der Waals surface area contributed by atoms with E-state index in [1.54, 1.807) is 6.92 Å². The fraction of sp³-hybridized carbons (Fsp3) is 0.353. The lowest BCUT2D eigenvalue weighted by Crippen LogP contribution is -2.41. The van der Waals surface area contributed by atoms with Crippen molar-refractivity contribution in [1.29, 1.82) is 0 Å². The zero-order valence-electron chi connectivity index (χ0n) is 15.3. The second-order valence-electron chi connectivity index (χ2n) is 6.37. The Morgan fingerprint density at radius 1 is 1.24 bits per heavy atom. The maximum atomic E-state index is 14.1. The summed E-state index contributed by atoms with van der Waals surface area (Å²) in [5.74, 6) is -1.06. The van der Waals surface area contributed by atoms with Gasteiger partial charge in [0, 0.05) is 25.9 Å². The summed E-state index contributed by atoms with van der Waals surface area (Å²) in [4.78, 5) is 19.7. The third-order valence-electron chi connectivity index (χ3n) is 4.39. The van der Waals surface area contributed by atoms with Crippen LogP contribution in [-0.4, -0.2) is 58.2 Å². The first kappa shape index (κ1) is 20.7. The van der Waals surface area contributed by atoms with Crippen LogP contribution in [0, 0.1) is 12.7 Å². The van der Waals surface area contributed by atoms with E-state index in [4.69, 9.17) is 19.1 Å². The van der Waals surface area contributed by atoms with Crippen LogP contribution in [-0.2, 0) is 10.1 Å². The number of piperidine rings is 1. The standard InChI is InChI=1S/C17H18FN3O7S/c1-10-15(27-11-4-6-21(7-5-11)17(22)23)19-9-20-16(10)28-14-3-2-12(8-13(14)18)29(24,25)26/h2-3,8-9,11H,4-7H2,1H3,(H,22,23)(H,24,25,26). The summed E-state index contributed by atoms with van der Waals surface area (Å²) in [7, 11) is -4.54. The zero-order valence-corrected chi connectivity index (χ0v) is 16.1. The molecule has 2 aromatic rings. The van der Waals surface area contributed by atoms with Crippen molar-refractivity contribution in [3.05, 3.63) is 35.9 Å². The number of ether oxygens (including phenoxy) is 2. The van der Waals surface area contributed by atoms with Crippen molar-refractivity contribution < 1.29 is 36.7 Å². The fourth-order valence-electron chi connectivity index (χ4n) is 2.79. The van der Waals surface area contributed by atoms with Gasteiger partial charge in [0.05, 0.1) is 10.5 Å². The number of carbonyl (C=O) groups is 1. The molecule has 0 spiro atoms. The predicted octanol–water partition coefficient (Wildman–Crippen LogP) is 2.48. The Balaban J connectivity index is 1.73. The molecule has 1 amide bonds. The second-order valence-corrected chi connectivity index (χ2v) is 7.79. The van der Waals surface area contributed by atoms with Crippen LogP contribution >= 0.6 is 0 Å². The molecule has 1 aromatic heterocycles. The van der Waals surface area contributed by atoms with E-state index in [1.165, 1.54) is 11.2 Å². The molecule has 0 unspecified atom stereocenters. The Morgan fingerprint density at radius 3 is 2.48 bits per heavy atom. The highest BCUT2D eigenvalue weighted by molar-refractivity contribution is 7.85. The van der Waals surface area contributed by atoms with Gasteiger partial charge in [-0.3, -0.25) is 4.55 Å². The van der Waals surface area contributed by atoms with Crippen LogP contribution in [0.1, 0.15) is 18.4 Å². The van der Waals surface area contributed by atoms with Gasteiger partial charge >= 0.3 is 6.09 Å². The lowest BCUT2D eigenvalue weighted by molar-refractivity contribution is 0.0864. The van der Waals surface area contributed by atoms with Crippen molar-refractivity contribution in [1.82, 2.24) is 14.9 Å². The quantitative estimate of drug-likeness (QED) is 0.689. The van der Waals surface area contributed by atoms with Crippen molar-refractivity contribution >= 4 is 16.2 Å². The summed E-state index contributed by atoms with van der Waals surface area (Å²) < 4.78 is 56.5. The number of carboxylic acid groups (broad SMARTS) is 1. The van der Waals surface area contributed by atoms with Gasteiger partial charge in [0.15, 0.2) is 11.6 Å². The van der Waals surface area contributed by atoms with Crippen LogP contribution in [0.2, 0.25) is 0 Å². The van der Waals surface area contributed by atoms with Crippen molar-refractivity contribution in [2.45, 2.75) is 30.8 Å². The average Bonchev–Trinajstić information content (AvgIpc) is 2.66. The molecule has 29 heavy (non-hydrogen) atoms. The van der Waals surface area contributed by atoms with E-state index < -0.39 is 26.9 Å². The van der Waals surface area contributed by atoms with Crippen molar-refractivity contribution in [3.63, 3.8) is 0 Å². The number of amides is 1. The van der Waals surface area contributed by atoms with Crippen LogP contribution in [0.5, 0.6) is 17.5 Å². The third kappa shape index (κ3) is 4.90. The van der Waals surface area contributed by atoms with Crippen LogP contribution in [0.3, 0.4) is 0 Å². The number of rotatable bonds is 5. The van der Waals surface area contributed by atoms with E-state index >= 15 is 0 Å². The molecule has 1 aromatic carbocycles. The van der Waals surface area contributed by atoms with Crippen molar-refractivity contribution in [2.75, 3.05) is 13.1 Å². The third-order valence-corrected chi connectivity index (χ3v) is 5.24. The lowest BCUT2D eigenvalue weighted by Gasteiger charge is -2.30. The number of hydrogen-bond donors (Lipinski definition) is 2. The van der Waals surface area contributed by atoms with Crippen LogP contribution in [0.4, 0.5) is 9.18 Å². The first-order valence-corrected chi connectivity index (χ1v) is 10.00. The molecule has 156 valence electrons. The molecule has 0 atom stereocenters. The molecule has 1 saturated heterocycles. The van der Waals surface area contributed by atoms with Gasteiger partial charge in [-0.05, 0) is 25.1 Å². The molecule has 2 N–H and O–H groups in total. The van der Waals surface area contributed by atoms with Crippen LogP contribution in [0.15, 0.2) is 29.4 Å². The molecular weight excluding hydrogens is 409 g/mol. The van der Waals surface area contributed by atoms with E-state index in [1.807, 2.05) is 0 Å². The van der Waals surface area contributed by atoms with Gasteiger partial charge in [-0.1, -0.05) is 0 Å². The smallest absolute Gasteiger partial charge is 0.407 e. The molecule has 10 nitrogen and oxygen atoms in total. The zero-order chi connectivity index (χ0) is 21.2. The monoisotopic (exact) mass is 427 g/mol. The number of nitrogens with zero attached hydrogens (tertiary/aromatic N) is 3. The van der Waals surface area contributed by atoms with Crippen LogP contribution in [0.25, 0.3) is 0 Å². The van der Waals surface area contributed by atoms with Gasteiger partial charge in [0.2, 0.25) is 11.8 Å². The van der Waals surface area contributed by atoms with Gasteiger partial charge in [-0.25, -0.2) is 19.2 Å². The minimum absolute atomic E-state index is 0.0106. The van der Waals surface area contributed by atoms with Gasteiger partial charge in [-0.2, -0.15) is 8.42 Å². The minimum Gasteiger partial charge on any atom is -0.474 e. The SMILES string of the molecule is Cc1c(Oc2ccc(S(=O)(=O)O)cc2F)ncnc1OC1CCN(C(=O)O)CC1. The Bertz CT molecular complexity index is 1020. The topological polar surface area (TPSA) is 139 Å². The molecule has 2 heterocycles. The molecule has 3 rings (SSSR count). The van der Waals surface area contributed by atoms with Gasteiger partial charge in [0.1, 0.15) is 12.4 Å². The highest BCUT2D eigenvalue weighted by atomic mass is 32.2. The molecule has 1 aliphatic heterocycles. The molecule has 0 saturated carbocycles. The molecule has 0 radical (unpaired) electrons. The Morgan fingerprint density at radius 2 is 1.90 bits per heavy atom. The Labute approximate surface area is 165 Å². The summed E-state index contributed by atoms with van der Waals surface area (Å²) >= 11 is 0. The van der Waals surface area contributed by atoms with E-state index in [2.05, 4.69) is 9.97 Å². The fourth-order valence-corrected chi connectivity index (χ4v) is 3.28. The molecule has 0 aliphatic carbocycles. The molecule has 12 heteroatoms. The first-order chi connectivity index (χ1) is 13.6. The van der Waals surface area contributed by atoms with Gasteiger partial charge < -0.3 is 19.5 Å². The number of hydrogen-bond acceptors (Lipinski definition) is 7. The van der Waals surface area contributed by atoms with E-state index in [0.717, 1.165) is 12.1 Å². The highest BCUT2D eigenvalue weighted by Crippen LogP contribution is 2.31. The molecule has 1 fully saturated rings. The summed E-state index contributed by atoms with van der Waals surface area (Å²) in [6.07, 6.45) is 0.960. The first-order valence-electron chi connectivity index (χ1n) is 8.56. The summed E-state index contributed by atoms with van der Waals surface area (Å²) in [6, 6.07) is 2.69. The largest absolute Gasteiger partial charge is 0.474 e. The Kier molecular flexibility index (Phi) is 5.84. The normalized spacial score (nSPS) is 15.2. The summed E-state index contributed by atoms with van der Waals surface area (Å²) in [6.45, 7) is 2.30. The van der Waals surface area contributed by atoms with E-state index in [0.29, 0.717) is 37.6 Å². The van der Waals surface area contributed by atoms with E-state index in [-0.39, 0.29) is 23.6 Å². The van der Waals surface area contributed by atoms with Crippen LogP contribution < -0.4 is 9.47 Å².